The summed E-state index contributed by atoms with van der Waals surface area (Å²) >= 11 is 0. The lowest BCUT2D eigenvalue weighted by Gasteiger charge is -2.36. The number of hydrogen-bond acceptors (Lipinski definition) is 3. The molecule has 2 N–H and O–H groups in total. The number of nitrogens with two attached hydrogens (primary N) is 1. The van der Waals surface area contributed by atoms with Crippen LogP contribution in [0.25, 0.3) is 0 Å². The fraction of sp³-hybridized carbons (Fsp3) is 0.600. The van der Waals surface area contributed by atoms with Crippen molar-refractivity contribution < 1.29 is 0 Å². The molecule has 13 heavy (non-hydrogen) atoms. The summed E-state index contributed by atoms with van der Waals surface area (Å²) in [6.07, 6.45) is 3.76. The van der Waals surface area contributed by atoms with Gasteiger partial charge in [-0.2, -0.15) is 0 Å². The van der Waals surface area contributed by atoms with Crippen LogP contribution in [-0.2, 0) is 0 Å². The van der Waals surface area contributed by atoms with Crippen LogP contribution in [0.3, 0.4) is 0 Å². The number of rotatable bonds is 4. The normalized spacial score (nSPS) is 22.5. The Labute approximate surface area is 80.5 Å². The van der Waals surface area contributed by atoms with E-state index in [9.17, 15) is 0 Å². The van der Waals surface area contributed by atoms with Crippen molar-refractivity contribution in [1.29, 1.82) is 0 Å². The Kier molecular flexibility index (Phi) is 4.15. The fourth-order valence-corrected chi connectivity index (χ4v) is 1.58. The molecule has 3 heteroatoms. The average Bonchev–Trinajstić information content (AvgIpc) is 2.18. The number of nitrogens with zero attached hydrogens (tertiary/aromatic N) is 2. The van der Waals surface area contributed by atoms with E-state index in [0.29, 0.717) is 0 Å². The van der Waals surface area contributed by atoms with Gasteiger partial charge in [-0.25, -0.2) is 0 Å². The van der Waals surface area contributed by atoms with Crippen LogP contribution in [-0.4, -0.2) is 48.7 Å². The molecule has 1 heterocycles. The highest BCUT2D eigenvalue weighted by atomic mass is 15.3. The molecular weight excluding hydrogens is 162 g/mol. The largest absolute Gasteiger partial charge is 0.312 e. The van der Waals surface area contributed by atoms with Crippen molar-refractivity contribution in [2.45, 2.75) is 6.17 Å². The second kappa shape index (κ2) is 5.17. The first-order chi connectivity index (χ1) is 6.27. The minimum atomic E-state index is 0.0193. The van der Waals surface area contributed by atoms with Gasteiger partial charge in [-0.15, -0.1) is 13.2 Å². The molecule has 0 aromatic heterocycles. The van der Waals surface area contributed by atoms with Gasteiger partial charge in [0.05, 0.1) is 6.17 Å². The number of piperazine rings is 1. The van der Waals surface area contributed by atoms with Gasteiger partial charge in [-0.3, -0.25) is 9.80 Å². The Bertz CT molecular complexity index is 171. The Morgan fingerprint density at radius 2 is 1.85 bits per heavy atom. The van der Waals surface area contributed by atoms with Crippen molar-refractivity contribution in [3.8, 4) is 0 Å². The molecule has 1 aliphatic rings. The molecule has 74 valence electrons. The predicted molar refractivity (Wildman–Crippen MR) is 56.4 cm³/mol. The van der Waals surface area contributed by atoms with E-state index in [-0.39, 0.29) is 6.17 Å². The zero-order valence-electron chi connectivity index (χ0n) is 8.15. The molecule has 0 aromatic rings. The van der Waals surface area contributed by atoms with Crippen LogP contribution in [0, 0.1) is 0 Å². The smallest absolute Gasteiger partial charge is 0.0762 e. The Morgan fingerprint density at radius 1 is 1.23 bits per heavy atom. The molecule has 0 spiro atoms. The van der Waals surface area contributed by atoms with Gasteiger partial charge in [0, 0.05) is 32.7 Å². The minimum absolute atomic E-state index is 0.0193. The Hall–Kier alpha value is -0.640. The highest BCUT2D eigenvalue weighted by Crippen LogP contribution is 2.03. The van der Waals surface area contributed by atoms with Crippen molar-refractivity contribution in [2.24, 2.45) is 5.73 Å². The number of hydrogen-bond donors (Lipinski definition) is 1. The fourth-order valence-electron chi connectivity index (χ4n) is 1.58. The summed E-state index contributed by atoms with van der Waals surface area (Å²) in [7, 11) is 0. The average molecular weight is 181 g/mol. The third kappa shape index (κ3) is 2.95. The summed E-state index contributed by atoms with van der Waals surface area (Å²) in [6, 6.07) is 0. The molecule has 1 unspecified atom stereocenters. The second-order valence-corrected chi connectivity index (χ2v) is 3.35. The summed E-state index contributed by atoms with van der Waals surface area (Å²) in [5, 5.41) is 0. The first-order valence-electron chi connectivity index (χ1n) is 4.73. The topological polar surface area (TPSA) is 32.5 Å². The Morgan fingerprint density at radius 3 is 2.31 bits per heavy atom. The van der Waals surface area contributed by atoms with E-state index in [0.717, 1.165) is 32.7 Å². The van der Waals surface area contributed by atoms with Crippen molar-refractivity contribution in [1.82, 2.24) is 9.80 Å². The van der Waals surface area contributed by atoms with E-state index in [1.807, 2.05) is 6.08 Å². The maximum Gasteiger partial charge on any atom is 0.0762 e. The van der Waals surface area contributed by atoms with Crippen molar-refractivity contribution >= 4 is 0 Å². The zero-order valence-corrected chi connectivity index (χ0v) is 8.15. The third-order valence-electron chi connectivity index (χ3n) is 2.46. The minimum Gasteiger partial charge on any atom is -0.312 e. The van der Waals surface area contributed by atoms with Gasteiger partial charge in [0.15, 0.2) is 0 Å². The van der Waals surface area contributed by atoms with Gasteiger partial charge in [-0.1, -0.05) is 12.2 Å². The van der Waals surface area contributed by atoms with Crippen molar-refractivity contribution in [3.63, 3.8) is 0 Å². The SMILES string of the molecule is C=CCN1CCN(C(N)C=C)CC1. The van der Waals surface area contributed by atoms with Gasteiger partial charge in [-0.05, 0) is 0 Å². The summed E-state index contributed by atoms with van der Waals surface area (Å²) in [5.41, 5.74) is 5.84. The van der Waals surface area contributed by atoms with Gasteiger partial charge < -0.3 is 5.73 Å². The summed E-state index contributed by atoms with van der Waals surface area (Å²) < 4.78 is 0. The van der Waals surface area contributed by atoms with Gasteiger partial charge in [0.2, 0.25) is 0 Å². The van der Waals surface area contributed by atoms with Gasteiger partial charge >= 0.3 is 0 Å². The van der Waals surface area contributed by atoms with E-state index >= 15 is 0 Å². The van der Waals surface area contributed by atoms with Crippen molar-refractivity contribution in [3.05, 3.63) is 25.3 Å². The van der Waals surface area contributed by atoms with E-state index in [4.69, 9.17) is 5.73 Å². The molecule has 1 atom stereocenters. The van der Waals surface area contributed by atoms with E-state index in [1.165, 1.54) is 0 Å². The first kappa shape index (κ1) is 10.4. The molecular formula is C10H19N3. The monoisotopic (exact) mass is 181 g/mol. The quantitative estimate of drug-likeness (QED) is 0.632. The molecule has 0 amide bonds. The highest BCUT2D eigenvalue weighted by molar-refractivity contribution is 4.87. The van der Waals surface area contributed by atoms with Crippen LogP contribution in [0.1, 0.15) is 0 Å². The summed E-state index contributed by atoms with van der Waals surface area (Å²) in [4.78, 5) is 4.62. The summed E-state index contributed by atoms with van der Waals surface area (Å²) in [5.74, 6) is 0. The molecule has 0 saturated carbocycles. The van der Waals surface area contributed by atoms with Gasteiger partial charge in [0.1, 0.15) is 0 Å². The van der Waals surface area contributed by atoms with Crippen LogP contribution in [0.5, 0.6) is 0 Å². The zero-order chi connectivity index (χ0) is 9.68. The lowest BCUT2D eigenvalue weighted by atomic mass is 10.3. The molecule has 0 bridgehead atoms. The lowest BCUT2D eigenvalue weighted by molar-refractivity contribution is 0.122. The molecule has 1 saturated heterocycles. The van der Waals surface area contributed by atoms with E-state index in [1.54, 1.807) is 6.08 Å². The van der Waals surface area contributed by atoms with Gasteiger partial charge in [0.25, 0.3) is 0 Å². The molecule has 3 nitrogen and oxygen atoms in total. The molecule has 1 rings (SSSR count). The first-order valence-corrected chi connectivity index (χ1v) is 4.73. The molecule has 0 aromatic carbocycles. The van der Waals surface area contributed by atoms with Crippen LogP contribution in [0.2, 0.25) is 0 Å². The molecule has 1 fully saturated rings. The van der Waals surface area contributed by atoms with Crippen molar-refractivity contribution in [2.75, 3.05) is 32.7 Å². The standard InChI is InChI=1S/C10H19N3/c1-3-5-12-6-8-13(9-7-12)10(11)4-2/h3-4,10H,1-2,5-9,11H2. The van der Waals surface area contributed by atoms with E-state index < -0.39 is 0 Å². The molecule has 0 radical (unpaired) electrons. The van der Waals surface area contributed by atoms with Crippen LogP contribution < -0.4 is 5.73 Å². The third-order valence-corrected chi connectivity index (χ3v) is 2.46. The predicted octanol–water partition coefficient (Wildman–Crippen LogP) is 0.261. The molecule has 0 aliphatic carbocycles. The van der Waals surface area contributed by atoms with Crippen LogP contribution in [0.15, 0.2) is 25.3 Å². The maximum absolute atomic E-state index is 5.84. The van der Waals surface area contributed by atoms with Crippen LogP contribution in [0.4, 0.5) is 0 Å². The summed E-state index contributed by atoms with van der Waals surface area (Å²) in [6.45, 7) is 12.6. The van der Waals surface area contributed by atoms with Crippen LogP contribution >= 0.6 is 0 Å². The second-order valence-electron chi connectivity index (χ2n) is 3.35. The Balaban J connectivity index is 2.29. The molecule has 1 aliphatic heterocycles. The lowest BCUT2D eigenvalue weighted by Crippen LogP contribution is -2.52. The van der Waals surface area contributed by atoms with E-state index in [2.05, 4.69) is 23.0 Å². The maximum atomic E-state index is 5.84. The highest BCUT2D eigenvalue weighted by Gasteiger charge is 2.18.